The van der Waals surface area contributed by atoms with Gasteiger partial charge in [-0.2, -0.15) is 0 Å². The van der Waals surface area contributed by atoms with Crippen LogP contribution in [0.5, 0.6) is 0 Å². The molecule has 2 rings (SSSR count). The van der Waals surface area contributed by atoms with Gasteiger partial charge in [0.1, 0.15) is 0 Å². The number of nitrogens with zero attached hydrogens (tertiary/aromatic N) is 2. The molecule has 2 nitrogen and oxygen atoms in total. The molecule has 2 aromatic rings. The third-order valence-electron chi connectivity index (χ3n) is 2.88. The molecule has 0 atom stereocenters. The van der Waals surface area contributed by atoms with Gasteiger partial charge < -0.3 is 24.0 Å². The van der Waals surface area contributed by atoms with E-state index in [1.807, 2.05) is 0 Å². The first kappa shape index (κ1) is 14.0. The first-order valence-electron chi connectivity index (χ1n) is 5.08. The summed E-state index contributed by atoms with van der Waals surface area (Å²) in [5.41, 5.74) is 4.13. The Bertz CT molecular complexity index is 517. The van der Waals surface area contributed by atoms with Crippen molar-refractivity contribution in [1.29, 1.82) is 0 Å². The molecule has 0 bridgehead atoms. The van der Waals surface area contributed by atoms with Gasteiger partial charge in [0.05, 0.1) is 0 Å². The zero-order chi connectivity index (χ0) is 11.2. The van der Waals surface area contributed by atoms with E-state index < -0.39 is 0 Å². The van der Waals surface area contributed by atoms with Gasteiger partial charge in [-0.15, -0.1) is 0 Å². The summed E-state index contributed by atoms with van der Waals surface area (Å²) >= 11 is 0.470. The minimum absolute atomic E-state index is 0. The standard InChI is InChI=1S/C12H17N2Se.HI/c1-8-6-10-9(2)14(5)15-12(10)7-11(8)13(3)4;/h6-7H,1-5H3;1H/q+1;/p-1. The van der Waals surface area contributed by atoms with Crippen molar-refractivity contribution in [1.82, 2.24) is 0 Å². The van der Waals surface area contributed by atoms with Crippen molar-refractivity contribution in [2.75, 3.05) is 19.0 Å². The van der Waals surface area contributed by atoms with Crippen LogP contribution >= 0.6 is 0 Å². The van der Waals surface area contributed by atoms with E-state index in [1.54, 1.807) is 0 Å². The summed E-state index contributed by atoms with van der Waals surface area (Å²) in [5, 5.41) is 1.45. The first-order valence-corrected chi connectivity index (χ1v) is 6.70. The Morgan fingerprint density at radius 1 is 1.19 bits per heavy atom. The Hall–Kier alpha value is -0.0605. The summed E-state index contributed by atoms with van der Waals surface area (Å²) in [6, 6.07) is 4.67. The van der Waals surface area contributed by atoms with Crippen molar-refractivity contribution in [2.24, 2.45) is 7.05 Å². The Kier molecular flexibility index (Phi) is 4.43. The number of halogens is 1. The molecular weight excluding hydrogens is 378 g/mol. The van der Waals surface area contributed by atoms with Gasteiger partial charge in [0.25, 0.3) is 0 Å². The third-order valence-corrected chi connectivity index (χ3v) is 5.15. The van der Waals surface area contributed by atoms with Crippen LogP contribution in [0.15, 0.2) is 12.1 Å². The van der Waals surface area contributed by atoms with Gasteiger partial charge >= 0.3 is 96.9 Å². The van der Waals surface area contributed by atoms with Crippen LogP contribution in [0.25, 0.3) is 9.65 Å². The Labute approximate surface area is 120 Å². The van der Waals surface area contributed by atoms with Crippen molar-refractivity contribution < 1.29 is 27.5 Å². The Morgan fingerprint density at radius 2 is 1.81 bits per heavy atom. The van der Waals surface area contributed by atoms with Crippen LogP contribution < -0.4 is 32.4 Å². The fraction of sp³-hybridized carbons (Fsp3) is 0.417. The number of anilines is 1. The van der Waals surface area contributed by atoms with Crippen molar-refractivity contribution in [3.63, 3.8) is 0 Å². The molecule has 0 unspecified atom stereocenters. The van der Waals surface area contributed by atoms with Crippen molar-refractivity contribution in [3.8, 4) is 0 Å². The van der Waals surface area contributed by atoms with Gasteiger partial charge in [-0.05, 0) is 0 Å². The minimum atomic E-state index is 0. The number of fused-ring (bicyclic) bond motifs is 1. The van der Waals surface area contributed by atoms with Gasteiger partial charge in [0, 0.05) is 0 Å². The number of aromatic nitrogens is 1. The smallest absolute Gasteiger partial charge is 1.00 e. The normalized spacial score (nSPS) is 10.3. The van der Waals surface area contributed by atoms with Crippen LogP contribution in [-0.4, -0.2) is 28.8 Å². The number of benzene rings is 1. The third kappa shape index (κ3) is 2.29. The molecule has 0 amide bonds. The van der Waals surface area contributed by atoms with Crippen LogP contribution in [0.4, 0.5) is 5.69 Å². The molecule has 0 fully saturated rings. The van der Waals surface area contributed by atoms with E-state index >= 15 is 0 Å². The average molecular weight is 395 g/mol. The summed E-state index contributed by atoms with van der Waals surface area (Å²) < 4.78 is 3.88. The molecule has 4 heteroatoms. The fourth-order valence-electron chi connectivity index (χ4n) is 1.90. The molecule has 0 aliphatic heterocycles. The molecule has 0 aliphatic rings. The van der Waals surface area contributed by atoms with Crippen LogP contribution in [0.3, 0.4) is 0 Å². The van der Waals surface area contributed by atoms with E-state index in [0.29, 0.717) is 14.7 Å². The van der Waals surface area contributed by atoms with Gasteiger partial charge in [0.2, 0.25) is 0 Å². The predicted molar refractivity (Wildman–Crippen MR) is 65.9 cm³/mol. The zero-order valence-electron chi connectivity index (χ0n) is 10.3. The van der Waals surface area contributed by atoms with Crippen molar-refractivity contribution in [2.45, 2.75) is 13.8 Å². The van der Waals surface area contributed by atoms with Crippen molar-refractivity contribution in [3.05, 3.63) is 23.4 Å². The first-order chi connectivity index (χ1) is 7.00. The molecule has 0 radical (unpaired) electrons. The Morgan fingerprint density at radius 3 is 2.38 bits per heavy atom. The number of aryl methyl sites for hydroxylation is 3. The van der Waals surface area contributed by atoms with Gasteiger partial charge in [0.15, 0.2) is 0 Å². The number of hydrogen-bond acceptors (Lipinski definition) is 1. The van der Waals surface area contributed by atoms with E-state index in [0.717, 1.165) is 0 Å². The van der Waals surface area contributed by atoms with Crippen molar-refractivity contribution >= 4 is 30.1 Å². The van der Waals surface area contributed by atoms with Gasteiger partial charge in [-0.3, -0.25) is 0 Å². The van der Waals surface area contributed by atoms with E-state index in [9.17, 15) is 0 Å². The molecule has 0 aliphatic carbocycles. The molecule has 0 N–H and O–H groups in total. The molecule has 16 heavy (non-hydrogen) atoms. The van der Waals surface area contributed by atoms with Crippen LogP contribution in [0.2, 0.25) is 0 Å². The Balaban J connectivity index is 0.00000128. The summed E-state index contributed by atoms with van der Waals surface area (Å²) in [6.45, 7) is 4.40. The SMILES string of the molecule is Cc1cc2c(C)[n+](C)[se]c2cc1N(C)C.[I-]. The molecule has 1 heterocycles. The summed E-state index contributed by atoms with van der Waals surface area (Å²) in [4.78, 5) is 2.19. The second-order valence-corrected chi connectivity index (χ2v) is 6.66. The monoisotopic (exact) mass is 396 g/mol. The second kappa shape index (κ2) is 5.07. The van der Waals surface area contributed by atoms with Crippen LogP contribution in [0.1, 0.15) is 11.3 Å². The molecule has 1 aromatic carbocycles. The molecule has 88 valence electrons. The van der Waals surface area contributed by atoms with E-state index in [4.69, 9.17) is 0 Å². The second-order valence-electron chi connectivity index (χ2n) is 4.20. The topological polar surface area (TPSA) is 7.12 Å². The molecule has 1 aromatic heterocycles. The molecule has 0 saturated heterocycles. The maximum absolute atomic E-state index is 2.37. The zero-order valence-corrected chi connectivity index (χ0v) is 14.2. The maximum Gasteiger partial charge on any atom is -1.00 e. The summed E-state index contributed by atoms with van der Waals surface area (Å²) in [5.74, 6) is 0. The largest absolute Gasteiger partial charge is 1.00 e. The quantitative estimate of drug-likeness (QED) is 0.418. The molecular formula is C12H17IN2Se. The number of rotatable bonds is 1. The van der Waals surface area contributed by atoms with Crippen LogP contribution in [0, 0.1) is 13.8 Å². The summed E-state index contributed by atoms with van der Waals surface area (Å²) in [7, 11) is 6.40. The van der Waals surface area contributed by atoms with Gasteiger partial charge in [-0.25, -0.2) is 0 Å². The fourth-order valence-corrected chi connectivity index (χ4v) is 4.00. The molecule has 0 saturated carbocycles. The predicted octanol–water partition coefficient (Wildman–Crippen LogP) is -1.59. The van der Waals surface area contributed by atoms with E-state index in [1.165, 1.54) is 26.6 Å². The summed E-state index contributed by atoms with van der Waals surface area (Å²) in [6.07, 6.45) is 0. The van der Waals surface area contributed by atoms with E-state index in [2.05, 4.69) is 55.6 Å². The maximum atomic E-state index is 2.37. The van der Waals surface area contributed by atoms with Gasteiger partial charge in [-0.1, -0.05) is 0 Å². The van der Waals surface area contributed by atoms with Crippen LogP contribution in [-0.2, 0) is 7.05 Å². The molecule has 0 spiro atoms. The average Bonchev–Trinajstić information content (AvgIpc) is 2.43. The number of hydrogen-bond donors (Lipinski definition) is 0. The van der Waals surface area contributed by atoms with E-state index in [-0.39, 0.29) is 24.0 Å². The minimum Gasteiger partial charge on any atom is -1.00 e.